The van der Waals surface area contributed by atoms with E-state index in [4.69, 9.17) is 5.73 Å². The first-order valence-electron chi connectivity index (χ1n) is 7.29. The van der Waals surface area contributed by atoms with Crippen LogP contribution in [0, 0.1) is 6.92 Å². The molecule has 0 aliphatic rings. The van der Waals surface area contributed by atoms with Gasteiger partial charge in [-0.3, -0.25) is 4.98 Å². The quantitative estimate of drug-likeness (QED) is 0.758. The molecule has 1 aromatic carbocycles. The molecule has 0 saturated carbocycles. The minimum Gasteiger partial charge on any atom is -0.340 e. The Kier molecular flexibility index (Phi) is 4.26. The molecule has 0 aliphatic carbocycles. The molecule has 2 N–H and O–H groups in total. The van der Waals surface area contributed by atoms with Gasteiger partial charge in [-0.05, 0) is 36.8 Å². The molecule has 1 radical (unpaired) electrons. The van der Waals surface area contributed by atoms with Crippen LogP contribution in [0.1, 0.15) is 11.3 Å². The van der Waals surface area contributed by atoms with Gasteiger partial charge in [0.05, 0.1) is 5.69 Å². The van der Waals surface area contributed by atoms with Gasteiger partial charge in [-0.15, -0.1) is 0 Å². The number of hydrogen-bond acceptors (Lipinski definition) is 4. The fourth-order valence-electron chi connectivity index (χ4n) is 2.18. The lowest BCUT2D eigenvalue weighted by Crippen LogP contribution is -2.11. The molecule has 5 nitrogen and oxygen atoms in total. The topological polar surface area (TPSA) is 74.5 Å². The van der Waals surface area contributed by atoms with Crippen LogP contribution in [0.25, 0.3) is 11.4 Å². The van der Waals surface area contributed by atoms with E-state index in [0.717, 1.165) is 11.6 Å². The minimum atomic E-state index is -4.61. The Morgan fingerprint density at radius 1 is 1.08 bits per heavy atom. The predicted molar refractivity (Wildman–Crippen MR) is 87.5 cm³/mol. The van der Waals surface area contributed by atoms with Crippen molar-refractivity contribution in [3.63, 3.8) is 0 Å². The van der Waals surface area contributed by atoms with Crippen LogP contribution in [0.2, 0.25) is 0 Å². The van der Waals surface area contributed by atoms with Gasteiger partial charge in [-0.1, -0.05) is 6.07 Å². The highest BCUT2D eigenvalue weighted by atomic mass is 19.4. The van der Waals surface area contributed by atoms with Gasteiger partial charge in [0, 0.05) is 29.7 Å². The van der Waals surface area contributed by atoms with Crippen molar-refractivity contribution >= 4 is 17.2 Å². The van der Waals surface area contributed by atoms with Gasteiger partial charge in [0.2, 0.25) is 0 Å². The Labute approximate surface area is 141 Å². The Hall–Kier alpha value is -3.16. The van der Waals surface area contributed by atoms with Gasteiger partial charge < -0.3 is 11.1 Å². The summed E-state index contributed by atoms with van der Waals surface area (Å²) in [5, 5.41) is 2.84. The molecule has 0 saturated heterocycles. The third-order valence-corrected chi connectivity index (χ3v) is 3.44. The number of nitrogens with one attached hydrogen (secondary N) is 2. The van der Waals surface area contributed by atoms with Crippen molar-refractivity contribution in [1.82, 2.24) is 20.7 Å². The van der Waals surface area contributed by atoms with Crippen LogP contribution in [0.3, 0.4) is 0 Å². The first-order chi connectivity index (χ1) is 11.8. The lowest BCUT2D eigenvalue weighted by Gasteiger charge is -2.13. The van der Waals surface area contributed by atoms with E-state index in [1.807, 2.05) is 0 Å². The number of nitrogens with zero attached hydrogens (tertiary/aromatic N) is 3. The lowest BCUT2D eigenvalue weighted by atomic mass is 10.2. The molecule has 0 unspecified atom stereocenters. The second-order valence-corrected chi connectivity index (χ2v) is 5.36. The first-order valence-corrected chi connectivity index (χ1v) is 7.29. The summed E-state index contributed by atoms with van der Waals surface area (Å²) in [7, 11) is 0. The molecule has 0 spiro atoms. The zero-order valence-corrected chi connectivity index (χ0v) is 13.1. The summed E-state index contributed by atoms with van der Waals surface area (Å²) in [5.74, 6) is -0.0833. The molecule has 127 valence electrons. The molecule has 0 atom stereocenters. The van der Waals surface area contributed by atoms with E-state index in [9.17, 15) is 13.2 Å². The van der Waals surface area contributed by atoms with Crippen molar-refractivity contribution < 1.29 is 13.2 Å². The summed E-state index contributed by atoms with van der Waals surface area (Å²) in [6.45, 7) is 1.79. The van der Waals surface area contributed by atoms with Crippen LogP contribution in [0.15, 0.2) is 48.8 Å². The maximum absolute atomic E-state index is 13.2. The molecule has 2 heterocycles. The van der Waals surface area contributed by atoms with Gasteiger partial charge in [-0.25, -0.2) is 9.97 Å². The molecule has 0 bridgehead atoms. The van der Waals surface area contributed by atoms with E-state index in [-0.39, 0.29) is 17.3 Å². The first kappa shape index (κ1) is 16.7. The summed E-state index contributed by atoms with van der Waals surface area (Å²) in [5.41, 5.74) is 8.52. The average molecular weight is 344 g/mol. The van der Waals surface area contributed by atoms with E-state index in [0.29, 0.717) is 11.3 Å². The van der Waals surface area contributed by atoms with Crippen LogP contribution in [0.5, 0.6) is 0 Å². The molecule has 25 heavy (non-hydrogen) atoms. The number of hydrogen-bond donors (Lipinski definition) is 1. The number of alkyl halides is 3. The van der Waals surface area contributed by atoms with Gasteiger partial charge in [-0.2, -0.15) is 13.2 Å². The van der Waals surface area contributed by atoms with E-state index in [1.165, 1.54) is 18.5 Å². The molecule has 0 amide bonds. The zero-order valence-electron chi connectivity index (χ0n) is 13.1. The van der Waals surface area contributed by atoms with Crippen LogP contribution < -0.4 is 11.1 Å². The van der Waals surface area contributed by atoms with Crippen LogP contribution >= 0.6 is 0 Å². The van der Waals surface area contributed by atoms with Crippen molar-refractivity contribution in [2.75, 3.05) is 5.32 Å². The number of aryl methyl sites for hydroxylation is 1. The highest BCUT2D eigenvalue weighted by molar-refractivity contribution is 5.66. The Morgan fingerprint density at radius 2 is 1.88 bits per heavy atom. The Morgan fingerprint density at radius 3 is 2.56 bits per heavy atom. The molecule has 2 aromatic heterocycles. The summed E-state index contributed by atoms with van der Waals surface area (Å²) in [4.78, 5) is 11.6. The van der Waals surface area contributed by atoms with Crippen molar-refractivity contribution in [2.45, 2.75) is 13.1 Å². The maximum Gasteiger partial charge on any atom is 0.433 e. The molecular weight excluding hydrogens is 331 g/mol. The van der Waals surface area contributed by atoms with Gasteiger partial charge in [0.15, 0.2) is 11.5 Å². The van der Waals surface area contributed by atoms with E-state index in [2.05, 4.69) is 20.3 Å². The van der Waals surface area contributed by atoms with E-state index < -0.39 is 11.9 Å². The molecule has 0 aliphatic heterocycles. The highest BCUT2D eigenvalue weighted by Gasteiger charge is 2.34. The van der Waals surface area contributed by atoms with E-state index in [1.54, 1.807) is 31.2 Å². The maximum atomic E-state index is 13.2. The number of rotatable bonds is 3. The normalized spacial score (nSPS) is 11.4. The molecule has 8 heteroatoms. The van der Waals surface area contributed by atoms with Crippen LogP contribution in [-0.2, 0) is 6.18 Å². The lowest BCUT2D eigenvalue weighted by molar-refractivity contribution is -0.141. The molecule has 0 fully saturated rings. The molecular formula is C17H13F3N5. The van der Waals surface area contributed by atoms with Gasteiger partial charge >= 0.3 is 6.18 Å². The van der Waals surface area contributed by atoms with Gasteiger partial charge in [0.1, 0.15) is 5.82 Å². The number of anilines is 2. The smallest absolute Gasteiger partial charge is 0.340 e. The largest absolute Gasteiger partial charge is 0.433 e. The van der Waals surface area contributed by atoms with Crippen molar-refractivity contribution in [3.8, 4) is 11.4 Å². The molecule has 3 rings (SSSR count). The fraction of sp³-hybridized carbons (Fsp3) is 0.118. The standard InChI is InChI=1S/C17H13F3N5/c1-10-4-5-12(21)7-13(10)23-15-8-14(17(18,19)20)24-16(25-15)11-3-2-6-22-9-11/h2-9,21H,1H3,(H,23,24,25). The van der Waals surface area contributed by atoms with Crippen LogP contribution in [0.4, 0.5) is 30.4 Å². The number of benzene rings is 1. The summed E-state index contributed by atoms with van der Waals surface area (Å²) in [6, 6.07) is 8.85. The van der Waals surface area contributed by atoms with Gasteiger partial charge in [0.25, 0.3) is 0 Å². The predicted octanol–water partition coefficient (Wildman–Crippen LogP) is 4.52. The average Bonchev–Trinajstić information content (AvgIpc) is 2.58. The number of halogens is 3. The minimum absolute atomic E-state index is 0.00474. The fourth-order valence-corrected chi connectivity index (χ4v) is 2.18. The Bertz CT molecular complexity index is 895. The second kappa shape index (κ2) is 6.39. The monoisotopic (exact) mass is 344 g/mol. The van der Waals surface area contributed by atoms with Crippen molar-refractivity contribution in [1.29, 1.82) is 0 Å². The van der Waals surface area contributed by atoms with Crippen LogP contribution in [-0.4, -0.2) is 15.0 Å². The van der Waals surface area contributed by atoms with E-state index >= 15 is 0 Å². The third-order valence-electron chi connectivity index (χ3n) is 3.44. The summed E-state index contributed by atoms with van der Waals surface area (Å²) < 4.78 is 39.5. The highest BCUT2D eigenvalue weighted by Crippen LogP contribution is 2.32. The zero-order chi connectivity index (χ0) is 18.0. The third kappa shape index (κ3) is 3.85. The Balaban J connectivity index is 2.08. The SMILES string of the molecule is Cc1ccc([NH])cc1Nc1cc(C(F)(F)F)nc(-c2cccnc2)n1. The summed E-state index contributed by atoms with van der Waals surface area (Å²) in [6.07, 6.45) is -1.70. The summed E-state index contributed by atoms with van der Waals surface area (Å²) >= 11 is 0. The molecule has 3 aromatic rings. The van der Waals surface area contributed by atoms with Crippen molar-refractivity contribution in [3.05, 3.63) is 60.0 Å². The second-order valence-electron chi connectivity index (χ2n) is 5.36. The van der Waals surface area contributed by atoms with Crippen molar-refractivity contribution in [2.24, 2.45) is 0 Å². The number of aromatic nitrogens is 3. The number of pyridine rings is 1.